The average molecular weight is 209 g/mol. The second-order valence-corrected chi connectivity index (χ2v) is 6.20. The molecule has 0 radical (unpaired) electrons. The summed E-state index contributed by atoms with van der Waals surface area (Å²) in [4.78, 5) is 11.6. The van der Waals surface area contributed by atoms with Crippen molar-refractivity contribution >= 4 is 5.91 Å². The molecule has 1 spiro atoms. The normalized spacial score (nSPS) is 29.6. The van der Waals surface area contributed by atoms with Crippen molar-refractivity contribution in [3.8, 4) is 0 Å². The van der Waals surface area contributed by atoms with E-state index >= 15 is 0 Å². The van der Waals surface area contributed by atoms with Crippen LogP contribution in [0.25, 0.3) is 0 Å². The molecule has 1 amide bonds. The van der Waals surface area contributed by atoms with Gasteiger partial charge in [-0.25, -0.2) is 0 Å². The third-order valence-electron chi connectivity index (χ3n) is 4.27. The van der Waals surface area contributed by atoms with E-state index in [4.69, 9.17) is 0 Å². The van der Waals surface area contributed by atoms with Crippen LogP contribution >= 0.6 is 0 Å². The molecule has 1 saturated carbocycles. The second-order valence-electron chi connectivity index (χ2n) is 6.20. The van der Waals surface area contributed by atoms with Crippen LogP contribution in [0.15, 0.2) is 0 Å². The van der Waals surface area contributed by atoms with Crippen molar-refractivity contribution < 1.29 is 4.79 Å². The fourth-order valence-corrected chi connectivity index (χ4v) is 2.95. The molecule has 15 heavy (non-hydrogen) atoms. The Balaban J connectivity index is 2.03. The summed E-state index contributed by atoms with van der Waals surface area (Å²) in [5, 5.41) is 3.29. The Hall–Kier alpha value is -0.530. The van der Waals surface area contributed by atoms with Gasteiger partial charge in [0.25, 0.3) is 0 Å². The summed E-state index contributed by atoms with van der Waals surface area (Å²) in [7, 11) is 0. The Morgan fingerprint density at radius 3 is 2.33 bits per heavy atom. The second kappa shape index (κ2) is 3.80. The molecule has 0 aromatic rings. The lowest BCUT2D eigenvalue weighted by Gasteiger charge is -2.43. The molecular weight excluding hydrogens is 186 g/mol. The van der Waals surface area contributed by atoms with Gasteiger partial charge in [-0.05, 0) is 43.9 Å². The lowest BCUT2D eigenvalue weighted by Crippen LogP contribution is -2.50. The molecule has 1 saturated heterocycles. The van der Waals surface area contributed by atoms with Gasteiger partial charge >= 0.3 is 0 Å². The van der Waals surface area contributed by atoms with Gasteiger partial charge in [-0.1, -0.05) is 20.3 Å². The van der Waals surface area contributed by atoms with Gasteiger partial charge in [0.1, 0.15) is 0 Å². The van der Waals surface area contributed by atoms with Crippen LogP contribution in [0, 0.1) is 5.41 Å². The summed E-state index contributed by atoms with van der Waals surface area (Å²) in [5.41, 5.74) is 0.658. The van der Waals surface area contributed by atoms with Crippen molar-refractivity contribution in [2.75, 3.05) is 0 Å². The van der Waals surface area contributed by atoms with Gasteiger partial charge in [-0.3, -0.25) is 4.79 Å². The maximum Gasteiger partial charge on any atom is 0.220 e. The maximum atomic E-state index is 11.6. The SMILES string of the molecule is CC1(C)CCC2(CCCCC(=O)N2)CC1. The summed E-state index contributed by atoms with van der Waals surface area (Å²) >= 11 is 0. The Kier molecular flexibility index (Phi) is 2.78. The van der Waals surface area contributed by atoms with Crippen molar-refractivity contribution in [2.24, 2.45) is 5.41 Å². The minimum absolute atomic E-state index is 0.170. The molecule has 2 nitrogen and oxygen atoms in total. The predicted molar refractivity (Wildman–Crippen MR) is 61.6 cm³/mol. The summed E-state index contributed by atoms with van der Waals surface area (Å²) < 4.78 is 0. The summed E-state index contributed by atoms with van der Waals surface area (Å²) in [6, 6.07) is 0. The summed E-state index contributed by atoms with van der Waals surface area (Å²) in [6.45, 7) is 4.69. The molecule has 2 aliphatic rings. The van der Waals surface area contributed by atoms with E-state index in [1.165, 1.54) is 38.5 Å². The third-order valence-corrected chi connectivity index (χ3v) is 4.27. The third kappa shape index (κ3) is 2.53. The minimum atomic E-state index is 0.170. The topological polar surface area (TPSA) is 29.1 Å². The first kappa shape index (κ1) is 11.0. The minimum Gasteiger partial charge on any atom is -0.351 e. The smallest absolute Gasteiger partial charge is 0.220 e. The van der Waals surface area contributed by atoms with Crippen LogP contribution in [-0.2, 0) is 4.79 Å². The van der Waals surface area contributed by atoms with Crippen molar-refractivity contribution in [1.82, 2.24) is 5.32 Å². The molecule has 1 aliphatic heterocycles. The van der Waals surface area contributed by atoms with Gasteiger partial charge in [0, 0.05) is 12.0 Å². The Morgan fingerprint density at radius 2 is 1.67 bits per heavy atom. The Bertz CT molecular complexity index is 247. The molecule has 0 aromatic carbocycles. The molecule has 0 aromatic heterocycles. The molecule has 0 atom stereocenters. The van der Waals surface area contributed by atoms with Crippen LogP contribution in [0.5, 0.6) is 0 Å². The van der Waals surface area contributed by atoms with Gasteiger partial charge in [0.2, 0.25) is 5.91 Å². The Morgan fingerprint density at radius 1 is 1.00 bits per heavy atom. The predicted octanol–water partition coefficient (Wildman–Crippen LogP) is 3.02. The highest BCUT2D eigenvalue weighted by molar-refractivity contribution is 5.77. The van der Waals surface area contributed by atoms with E-state index in [0.29, 0.717) is 5.41 Å². The fraction of sp³-hybridized carbons (Fsp3) is 0.923. The van der Waals surface area contributed by atoms with E-state index in [2.05, 4.69) is 19.2 Å². The number of hydrogen-bond acceptors (Lipinski definition) is 1. The first-order chi connectivity index (χ1) is 7.02. The molecule has 1 N–H and O–H groups in total. The summed E-state index contributed by atoms with van der Waals surface area (Å²) in [6.07, 6.45) is 9.13. The largest absolute Gasteiger partial charge is 0.351 e. The van der Waals surface area contributed by atoms with Crippen molar-refractivity contribution in [2.45, 2.75) is 70.8 Å². The average Bonchev–Trinajstić information content (AvgIpc) is 2.35. The molecule has 0 unspecified atom stereocenters. The van der Waals surface area contributed by atoms with Crippen LogP contribution < -0.4 is 5.32 Å². The van der Waals surface area contributed by atoms with Crippen LogP contribution in [-0.4, -0.2) is 11.4 Å². The lowest BCUT2D eigenvalue weighted by molar-refractivity contribution is -0.123. The summed E-state index contributed by atoms with van der Waals surface area (Å²) in [5.74, 6) is 0.284. The molecule has 0 bridgehead atoms. The van der Waals surface area contributed by atoms with Crippen LogP contribution in [0.4, 0.5) is 0 Å². The van der Waals surface area contributed by atoms with Crippen LogP contribution in [0.2, 0.25) is 0 Å². The van der Waals surface area contributed by atoms with E-state index in [9.17, 15) is 4.79 Å². The highest BCUT2D eigenvalue weighted by atomic mass is 16.1. The van der Waals surface area contributed by atoms with Crippen LogP contribution in [0.3, 0.4) is 0 Å². The molecule has 2 heteroatoms. The first-order valence-electron chi connectivity index (χ1n) is 6.33. The highest BCUT2D eigenvalue weighted by Gasteiger charge is 2.39. The molecule has 1 heterocycles. The standard InChI is InChI=1S/C13H23NO/c1-12(2)7-9-13(10-8-12)6-4-3-5-11(15)14-13/h3-10H2,1-2H3,(H,14,15). The van der Waals surface area contributed by atoms with Gasteiger partial charge in [-0.2, -0.15) is 0 Å². The zero-order valence-corrected chi connectivity index (χ0v) is 10.1. The van der Waals surface area contributed by atoms with Gasteiger partial charge < -0.3 is 5.32 Å². The zero-order valence-electron chi connectivity index (χ0n) is 10.1. The zero-order chi connectivity index (χ0) is 10.9. The van der Waals surface area contributed by atoms with Crippen LogP contribution in [0.1, 0.15) is 65.2 Å². The van der Waals surface area contributed by atoms with E-state index in [-0.39, 0.29) is 11.4 Å². The van der Waals surface area contributed by atoms with E-state index < -0.39 is 0 Å². The molecule has 2 rings (SSSR count). The molecule has 1 aliphatic carbocycles. The van der Waals surface area contributed by atoms with Gasteiger partial charge in [0.15, 0.2) is 0 Å². The number of amides is 1. The van der Waals surface area contributed by atoms with Crippen molar-refractivity contribution in [1.29, 1.82) is 0 Å². The quantitative estimate of drug-likeness (QED) is 0.653. The molecule has 2 fully saturated rings. The number of rotatable bonds is 0. The van der Waals surface area contributed by atoms with E-state index in [1.54, 1.807) is 0 Å². The Labute approximate surface area is 92.8 Å². The molecule has 86 valence electrons. The van der Waals surface area contributed by atoms with E-state index in [0.717, 1.165) is 12.8 Å². The number of carbonyl (C=O) groups is 1. The number of hydrogen-bond donors (Lipinski definition) is 1. The monoisotopic (exact) mass is 209 g/mol. The number of carbonyl (C=O) groups excluding carboxylic acids is 1. The molecular formula is C13H23NO. The highest BCUT2D eigenvalue weighted by Crippen LogP contribution is 2.43. The van der Waals surface area contributed by atoms with Crippen molar-refractivity contribution in [3.63, 3.8) is 0 Å². The fourth-order valence-electron chi connectivity index (χ4n) is 2.95. The van der Waals surface area contributed by atoms with Gasteiger partial charge in [-0.15, -0.1) is 0 Å². The first-order valence-corrected chi connectivity index (χ1v) is 6.33. The van der Waals surface area contributed by atoms with E-state index in [1.807, 2.05) is 0 Å². The van der Waals surface area contributed by atoms with Crippen molar-refractivity contribution in [3.05, 3.63) is 0 Å². The van der Waals surface area contributed by atoms with Gasteiger partial charge in [0.05, 0.1) is 0 Å². The maximum absolute atomic E-state index is 11.6. The lowest BCUT2D eigenvalue weighted by atomic mass is 9.68. The number of nitrogens with one attached hydrogen (secondary N) is 1.